The Morgan fingerprint density at radius 1 is 1.41 bits per heavy atom. The summed E-state index contributed by atoms with van der Waals surface area (Å²) in [5.41, 5.74) is 7.95. The molecule has 120 valence electrons. The van der Waals surface area contributed by atoms with Crippen LogP contribution in [0.4, 0.5) is 5.69 Å². The molecule has 0 spiro atoms. The van der Waals surface area contributed by atoms with E-state index in [1.807, 2.05) is 6.92 Å². The standard InChI is InChI=1S/C18H26N2O2/c1-12(2)11-22-17-9-8-14(10-15(17)19)18(21)20-16-7-5-4-6-13(16)3/h8-10,13,16H,1,4-7,11,19H2,2-3H3,(H,20,21). The first kappa shape index (κ1) is 16.4. The molecule has 0 radical (unpaired) electrons. The first-order valence-electron chi connectivity index (χ1n) is 7.95. The van der Waals surface area contributed by atoms with Gasteiger partial charge in [-0.05, 0) is 49.5 Å². The van der Waals surface area contributed by atoms with Crippen molar-refractivity contribution in [1.82, 2.24) is 5.32 Å². The van der Waals surface area contributed by atoms with Gasteiger partial charge in [0, 0.05) is 11.6 Å². The lowest BCUT2D eigenvalue weighted by molar-refractivity contribution is 0.0910. The van der Waals surface area contributed by atoms with Crippen molar-refractivity contribution in [2.75, 3.05) is 12.3 Å². The fourth-order valence-electron chi connectivity index (χ4n) is 2.80. The lowest BCUT2D eigenvalue weighted by Crippen LogP contribution is -2.41. The van der Waals surface area contributed by atoms with Gasteiger partial charge in [0.15, 0.2) is 0 Å². The Kier molecular flexibility index (Phi) is 5.47. The molecule has 1 aliphatic rings. The van der Waals surface area contributed by atoms with Gasteiger partial charge in [-0.2, -0.15) is 0 Å². The minimum Gasteiger partial charge on any atom is -0.487 e. The van der Waals surface area contributed by atoms with Gasteiger partial charge in [-0.25, -0.2) is 0 Å². The van der Waals surface area contributed by atoms with Crippen molar-refractivity contribution in [1.29, 1.82) is 0 Å². The maximum atomic E-state index is 12.4. The summed E-state index contributed by atoms with van der Waals surface area (Å²) in [7, 11) is 0. The Labute approximate surface area is 132 Å². The van der Waals surface area contributed by atoms with E-state index in [2.05, 4.69) is 18.8 Å². The number of carbonyl (C=O) groups excluding carboxylic acids is 1. The number of hydrogen-bond donors (Lipinski definition) is 2. The van der Waals surface area contributed by atoms with E-state index in [-0.39, 0.29) is 11.9 Å². The van der Waals surface area contributed by atoms with Crippen LogP contribution < -0.4 is 15.8 Å². The van der Waals surface area contributed by atoms with Gasteiger partial charge in [0.1, 0.15) is 12.4 Å². The Morgan fingerprint density at radius 3 is 2.77 bits per heavy atom. The molecule has 0 aliphatic heterocycles. The molecule has 0 aromatic heterocycles. The normalized spacial score (nSPS) is 21.2. The maximum absolute atomic E-state index is 12.4. The zero-order valence-corrected chi connectivity index (χ0v) is 13.5. The second-order valence-corrected chi connectivity index (χ2v) is 6.34. The molecule has 2 unspecified atom stereocenters. The van der Waals surface area contributed by atoms with Gasteiger partial charge in [0.2, 0.25) is 0 Å². The molecule has 3 N–H and O–H groups in total. The van der Waals surface area contributed by atoms with Gasteiger partial charge in [-0.15, -0.1) is 0 Å². The molecule has 1 aliphatic carbocycles. The average molecular weight is 302 g/mol. The first-order valence-corrected chi connectivity index (χ1v) is 7.95. The molecule has 1 aromatic carbocycles. The quantitative estimate of drug-likeness (QED) is 0.646. The second kappa shape index (κ2) is 7.34. The Hall–Kier alpha value is -1.97. The maximum Gasteiger partial charge on any atom is 0.251 e. The van der Waals surface area contributed by atoms with Crippen LogP contribution in [-0.4, -0.2) is 18.6 Å². The molecule has 2 rings (SSSR count). The Morgan fingerprint density at radius 2 is 2.14 bits per heavy atom. The summed E-state index contributed by atoms with van der Waals surface area (Å²) >= 11 is 0. The summed E-state index contributed by atoms with van der Waals surface area (Å²) in [6.45, 7) is 8.31. The third-order valence-electron chi connectivity index (χ3n) is 4.17. The molecule has 0 saturated heterocycles. The summed E-state index contributed by atoms with van der Waals surface area (Å²) in [5, 5.41) is 3.13. The number of nitrogens with one attached hydrogen (secondary N) is 1. The Balaban J connectivity index is 2.00. The van der Waals surface area contributed by atoms with Crippen LogP contribution in [0.1, 0.15) is 49.9 Å². The van der Waals surface area contributed by atoms with Gasteiger partial charge in [0.05, 0.1) is 5.69 Å². The average Bonchev–Trinajstić information content (AvgIpc) is 2.48. The molecule has 1 aromatic rings. The lowest BCUT2D eigenvalue weighted by atomic mass is 9.86. The second-order valence-electron chi connectivity index (χ2n) is 6.34. The zero-order valence-electron chi connectivity index (χ0n) is 13.5. The van der Waals surface area contributed by atoms with Crippen LogP contribution in [0.15, 0.2) is 30.4 Å². The smallest absolute Gasteiger partial charge is 0.251 e. The molecule has 22 heavy (non-hydrogen) atoms. The molecule has 1 amide bonds. The van der Waals surface area contributed by atoms with Crippen LogP contribution in [0.25, 0.3) is 0 Å². The Bertz CT molecular complexity index is 554. The molecule has 4 heteroatoms. The summed E-state index contributed by atoms with van der Waals surface area (Å²) < 4.78 is 5.54. The highest BCUT2D eigenvalue weighted by atomic mass is 16.5. The number of rotatable bonds is 5. The molecule has 0 heterocycles. The highest BCUT2D eigenvalue weighted by molar-refractivity contribution is 5.95. The fraction of sp³-hybridized carbons (Fsp3) is 0.500. The van der Waals surface area contributed by atoms with Crippen molar-refractivity contribution in [3.8, 4) is 5.75 Å². The third kappa shape index (κ3) is 4.26. The number of nitrogens with two attached hydrogens (primary N) is 1. The number of amides is 1. The van der Waals surface area contributed by atoms with Gasteiger partial charge < -0.3 is 15.8 Å². The van der Waals surface area contributed by atoms with Crippen LogP contribution in [0.3, 0.4) is 0 Å². The van der Waals surface area contributed by atoms with E-state index in [0.29, 0.717) is 29.5 Å². The van der Waals surface area contributed by atoms with E-state index in [9.17, 15) is 4.79 Å². The predicted molar refractivity (Wildman–Crippen MR) is 90.0 cm³/mol. The van der Waals surface area contributed by atoms with E-state index in [4.69, 9.17) is 10.5 Å². The van der Waals surface area contributed by atoms with E-state index in [0.717, 1.165) is 12.0 Å². The lowest BCUT2D eigenvalue weighted by Gasteiger charge is -2.29. The number of ether oxygens (including phenoxy) is 1. The van der Waals surface area contributed by atoms with E-state index >= 15 is 0 Å². The molecule has 1 fully saturated rings. The highest BCUT2D eigenvalue weighted by Gasteiger charge is 2.23. The SMILES string of the molecule is C=C(C)COc1ccc(C(=O)NC2CCCCC2C)cc1N. The topological polar surface area (TPSA) is 64.3 Å². The number of carbonyl (C=O) groups is 1. The molecule has 0 bridgehead atoms. The molecule has 4 nitrogen and oxygen atoms in total. The van der Waals surface area contributed by atoms with Crippen molar-refractivity contribution < 1.29 is 9.53 Å². The third-order valence-corrected chi connectivity index (χ3v) is 4.17. The van der Waals surface area contributed by atoms with Crippen molar-refractivity contribution in [2.24, 2.45) is 5.92 Å². The van der Waals surface area contributed by atoms with Gasteiger partial charge in [-0.1, -0.05) is 26.3 Å². The number of hydrogen-bond acceptors (Lipinski definition) is 3. The predicted octanol–water partition coefficient (Wildman–Crippen LogP) is 3.53. The van der Waals surface area contributed by atoms with Gasteiger partial charge in [0.25, 0.3) is 5.91 Å². The summed E-state index contributed by atoms with van der Waals surface area (Å²) in [6.07, 6.45) is 4.68. The minimum absolute atomic E-state index is 0.0584. The van der Waals surface area contributed by atoms with Crippen LogP contribution in [-0.2, 0) is 0 Å². The van der Waals surface area contributed by atoms with E-state index in [1.165, 1.54) is 19.3 Å². The van der Waals surface area contributed by atoms with Crippen molar-refractivity contribution in [3.63, 3.8) is 0 Å². The van der Waals surface area contributed by atoms with Gasteiger partial charge >= 0.3 is 0 Å². The first-order chi connectivity index (χ1) is 10.5. The van der Waals surface area contributed by atoms with Crippen LogP contribution in [0.2, 0.25) is 0 Å². The van der Waals surface area contributed by atoms with Crippen molar-refractivity contribution >= 4 is 11.6 Å². The molecule has 1 saturated carbocycles. The van der Waals surface area contributed by atoms with E-state index in [1.54, 1.807) is 18.2 Å². The van der Waals surface area contributed by atoms with Crippen LogP contribution in [0, 0.1) is 5.92 Å². The molecular weight excluding hydrogens is 276 g/mol. The monoisotopic (exact) mass is 302 g/mol. The summed E-state index contributed by atoms with van der Waals surface area (Å²) in [5.74, 6) is 1.07. The zero-order chi connectivity index (χ0) is 16.1. The number of benzene rings is 1. The fourth-order valence-corrected chi connectivity index (χ4v) is 2.80. The molecule has 2 atom stereocenters. The van der Waals surface area contributed by atoms with Gasteiger partial charge in [-0.3, -0.25) is 4.79 Å². The summed E-state index contributed by atoms with van der Waals surface area (Å²) in [4.78, 5) is 12.4. The van der Waals surface area contributed by atoms with E-state index < -0.39 is 0 Å². The van der Waals surface area contributed by atoms with Crippen LogP contribution >= 0.6 is 0 Å². The number of nitrogen functional groups attached to an aromatic ring is 1. The largest absolute Gasteiger partial charge is 0.487 e. The number of anilines is 1. The van der Waals surface area contributed by atoms with Crippen LogP contribution in [0.5, 0.6) is 5.75 Å². The van der Waals surface area contributed by atoms with Crippen molar-refractivity contribution in [3.05, 3.63) is 35.9 Å². The molecular formula is C18H26N2O2. The summed E-state index contributed by atoms with van der Waals surface area (Å²) in [6, 6.07) is 5.45. The highest BCUT2D eigenvalue weighted by Crippen LogP contribution is 2.25. The minimum atomic E-state index is -0.0584. The van der Waals surface area contributed by atoms with Crippen molar-refractivity contribution in [2.45, 2.75) is 45.6 Å².